The minimum atomic E-state index is 0.294. The van der Waals surface area contributed by atoms with E-state index in [4.69, 9.17) is 0 Å². The molecule has 1 unspecified atom stereocenters. The molecule has 2 aromatic heterocycles. The monoisotopic (exact) mass is 232 g/mol. The van der Waals surface area contributed by atoms with E-state index in [0.29, 0.717) is 6.04 Å². The fourth-order valence-electron chi connectivity index (χ4n) is 1.75. The van der Waals surface area contributed by atoms with Crippen LogP contribution in [-0.4, -0.2) is 4.98 Å². The normalized spacial score (nSPS) is 12.4. The van der Waals surface area contributed by atoms with E-state index in [2.05, 4.69) is 41.8 Å². The highest BCUT2D eigenvalue weighted by Gasteiger charge is 2.09. The summed E-state index contributed by atoms with van der Waals surface area (Å²) in [4.78, 5) is 4.18. The smallest absolute Gasteiger partial charge is 0.0503 e. The first-order valence-corrected chi connectivity index (χ1v) is 6.32. The molecule has 1 N–H and O–H groups in total. The summed E-state index contributed by atoms with van der Waals surface area (Å²) < 4.78 is 0. The van der Waals surface area contributed by atoms with Crippen molar-refractivity contribution in [2.75, 3.05) is 5.32 Å². The Labute approximate surface area is 100 Å². The minimum Gasteiger partial charge on any atom is -0.378 e. The van der Waals surface area contributed by atoms with E-state index in [1.807, 2.05) is 18.5 Å². The van der Waals surface area contributed by atoms with Gasteiger partial charge in [-0.3, -0.25) is 4.98 Å². The largest absolute Gasteiger partial charge is 0.378 e. The number of pyridine rings is 1. The molecule has 0 bridgehead atoms. The molecule has 16 heavy (non-hydrogen) atoms. The van der Waals surface area contributed by atoms with Gasteiger partial charge < -0.3 is 5.32 Å². The topological polar surface area (TPSA) is 24.9 Å². The third-order valence-electron chi connectivity index (χ3n) is 2.77. The number of hydrogen-bond acceptors (Lipinski definition) is 3. The molecule has 0 radical (unpaired) electrons. The maximum atomic E-state index is 4.18. The molecule has 0 fully saturated rings. The molecule has 2 rings (SSSR count). The first kappa shape index (κ1) is 11.1. The van der Waals surface area contributed by atoms with E-state index < -0.39 is 0 Å². The Balaban J connectivity index is 2.18. The Kier molecular flexibility index (Phi) is 3.25. The molecule has 0 saturated carbocycles. The number of aromatic nitrogens is 1. The molecule has 2 nitrogen and oxygen atoms in total. The van der Waals surface area contributed by atoms with Gasteiger partial charge in [-0.2, -0.15) is 0 Å². The molecule has 0 aliphatic heterocycles. The summed E-state index contributed by atoms with van der Waals surface area (Å²) in [6.45, 7) is 6.42. The summed E-state index contributed by atoms with van der Waals surface area (Å²) in [7, 11) is 0. The number of thiophene rings is 1. The van der Waals surface area contributed by atoms with Crippen LogP contribution in [0.2, 0.25) is 0 Å². The van der Waals surface area contributed by atoms with Crippen LogP contribution >= 0.6 is 11.3 Å². The first-order chi connectivity index (χ1) is 7.68. The van der Waals surface area contributed by atoms with E-state index in [9.17, 15) is 0 Å². The second-order valence-corrected chi connectivity index (χ2v) is 4.81. The van der Waals surface area contributed by atoms with Crippen molar-refractivity contribution in [3.63, 3.8) is 0 Å². The molecular formula is C13H16N2S. The Bertz CT molecular complexity index is 476. The van der Waals surface area contributed by atoms with Gasteiger partial charge in [0.2, 0.25) is 0 Å². The van der Waals surface area contributed by atoms with Gasteiger partial charge in [0.15, 0.2) is 0 Å². The van der Waals surface area contributed by atoms with Crippen molar-refractivity contribution in [1.29, 1.82) is 0 Å². The van der Waals surface area contributed by atoms with Gasteiger partial charge in [0.1, 0.15) is 0 Å². The highest BCUT2D eigenvalue weighted by molar-refractivity contribution is 7.08. The lowest BCUT2D eigenvalue weighted by Crippen LogP contribution is -2.08. The van der Waals surface area contributed by atoms with E-state index in [1.165, 1.54) is 22.4 Å². The number of aryl methyl sites for hydroxylation is 2. The maximum absolute atomic E-state index is 4.18. The Hall–Kier alpha value is -1.35. The summed E-state index contributed by atoms with van der Waals surface area (Å²) in [6, 6.07) is 2.34. The lowest BCUT2D eigenvalue weighted by molar-refractivity contribution is 0.864. The zero-order chi connectivity index (χ0) is 11.5. The van der Waals surface area contributed by atoms with Crippen molar-refractivity contribution in [1.82, 2.24) is 4.98 Å². The number of hydrogen-bond donors (Lipinski definition) is 1. The van der Waals surface area contributed by atoms with Crippen LogP contribution < -0.4 is 5.32 Å². The van der Waals surface area contributed by atoms with Crippen LogP contribution in [0.1, 0.15) is 29.7 Å². The van der Waals surface area contributed by atoms with Gasteiger partial charge in [-0.05, 0) is 48.9 Å². The average Bonchev–Trinajstić information content (AvgIpc) is 2.65. The fourth-order valence-corrected chi connectivity index (χ4v) is 2.54. The molecule has 0 saturated heterocycles. The van der Waals surface area contributed by atoms with Crippen molar-refractivity contribution >= 4 is 17.0 Å². The van der Waals surface area contributed by atoms with Crippen molar-refractivity contribution in [3.05, 3.63) is 45.9 Å². The third-order valence-corrected chi connectivity index (χ3v) is 3.64. The average molecular weight is 232 g/mol. The predicted octanol–water partition coefficient (Wildman–Crippen LogP) is 3.93. The van der Waals surface area contributed by atoms with Crippen LogP contribution in [0.25, 0.3) is 0 Å². The fraction of sp³-hybridized carbons (Fsp3) is 0.308. The van der Waals surface area contributed by atoms with E-state index >= 15 is 0 Å². The predicted molar refractivity (Wildman–Crippen MR) is 70.1 cm³/mol. The Morgan fingerprint density at radius 2 is 2.06 bits per heavy atom. The summed E-state index contributed by atoms with van der Waals surface area (Å²) in [6.07, 6.45) is 3.77. The van der Waals surface area contributed by atoms with Crippen LogP contribution in [0.3, 0.4) is 0 Å². The van der Waals surface area contributed by atoms with Gasteiger partial charge in [0.25, 0.3) is 0 Å². The zero-order valence-electron chi connectivity index (χ0n) is 9.82. The summed E-state index contributed by atoms with van der Waals surface area (Å²) in [5.74, 6) is 0. The lowest BCUT2D eigenvalue weighted by Gasteiger charge is -2.17. The molecule has 2 aromatic rings. The molecule has 0 aromatic carbocycles. The summed E-state index contributed by atoms with van der Waals surface area (Å²) in [5.41, 5.74) is 5.06. The molecule has 3 heteroatoms. The highest BCUT2D eigenvalue weighted by Crippen LogP contribution is 2.25. The molecule has 0 amide bonds. The molecule has 1 atom stereocenters. The Morgan fingerprint density at radius 3 is 2.69 bits per heavy atom. The summed E-state index contributed by atoms with van der Waals surface area (Å²) >= 11 is 1.73. The van der Waals surface area contributed by atoms with Gasteiger partial charge >= 0.3 is 0 Å². The molecule has 0 spiro atoms. The molecule has 0 aliphatic carbocycles. The SMILES string of the molecule is Cc1cscc1NC(C)c1cnccc1C. The number of rotatable bonds is 3. The number of anilines is 1. The van der Waals surface area contributed by atoms with Gasteiger partial charge in [-0.15, -0.1) is 11.3 Å². The van der Waals surface area contributed by atoms with Crippen molar-refractivity contribution in [3.8, 4) is 0 Å². The Morgan fingerprint density at radius 1 is 1.25 bits per heavy atom. The van der Waals surface area contributed by atoms with Crippen LogP contribution in [0.5, 0.6) is 0 Å². The van der Waals surface area contributed by atoms with Crippen LogP contribution in [0.15, 0.2) is 29.2 Å². The maximum Gasteiger partial charge on any atom is 0.0503 e. The standard InChI is InChI=1S/C13H16N2S/c1-9-4-5-14-6-12(9)11(3)15-13-8-16-7-10(13)2/h4-8,11,15H,1-3H3. The van der Waals surface area contributed by atoms with E-state index in [-0.39, 0.29) is 0 Å². The van der Waals surface area contributed by atoms with Crippen molar-refractivity contribution < 1.29 is 0 Å². The van der Waals surface area contributed by atoms with Crippen LogP contribution in [0, 0.1) is 13.8 Å². The van der Waals surface area contributed by atoms with Gasteiger partial charge in [0, 0.05) is 23.5 Å². The number of nitrogens with one attached hydrogen (secondary N) is 1. The van der Waals surface area contributed by atoms with Gasteiger partial charge in [0.05, 0.1) is 6.04 Å². The van der Waals surface area contributed by atoms with Crippen LogP contribution in [-0.2, 0) is 0 Å². The molecule has 2 heterocycles. The third kappa shape index (κ3) is 2.25. The van der Waals surface area contributed by atoms with Gasteiger partial charge in [-0.25, -0.2) is 0 Å². The second kappa shape index (κ2) is 4.66. The van der Waals surface area contributed by atoms with E-state index in [1.54, 1.807) is 11.3 Å². The van der Waals surface area contributed by atoms with Crippen molar-refractivity contribution in [2.45, 2.75) is 26.8 Å². The van der Waals surface area contributed by atoms with E-state index in [0.717, 1.165) is 0 Å². The molecular weight excluding hydrogens is 216 g/mol. The number of nitrogens with zero attached hydrogens (tertiary/aromatic N) is 1. The summed E-state index contributed by atoms with van der Waals surface area (Å²) in [5, 5.41) is 7.83. The van der Waals surface area contributed by atoms with Crippen molar-refractivity contribution in [2.24, 2.45) is 0 Å². The quantitative estimate of drug-likeness (QED) is 0.867. The highest BCUT2D eigenvalue weighted by atomic mass is 32.1. The van der Waals surface area contributed by atoms with Gasteiger partial charge in [-0.1, -0.05) is 0 Å². The lowest BCUT2D eigenvalue weighted by atomic mass is 10.1. The zero-order valence-corrected chi connectivity index (χ0v) is 10.6. The first-order valence-electron chi connectivity index (χ1n) is 5.38. The second-order valence-electron chi connectivity index (χ2n) is 4.07. The molecule has 84 valence electrons. The molecule has 0 aliphatic rings. The minimum absolute atomic E-state index is 0.294. The van der Waals surface area contributed by atoms with Crippen LogP contribution in [0.4, 0.5) is 5.69 Å².